The molecule has 0 saturated carbocycles. The van der Waals surface area contributed by atoms with Crippen LogP contribution in [0.1, 0.15) is 39.0 Å². The van der Waals surface area contributed by atoms with E-state index in [0.29, 0.717) is 0 Å². The van der Waals surface area contributed by atoms with Gasteiger partial charge in [0.05, 0.1) is 16.3 Å². The third-order valence-electron chi connectivity index (χ3n) is 4.48. The largest absolute Gasteiger partial charge is 0.345 e. The number of aromatic nitrogens is 2. The number of imidazole rings is 1. The Morgan fingerprint density at radius 1 is 1.26 bits per heavy atom. The van der Waals surface area contributed by atoms with E-state index in [9.17, 15) is 4.79 Å². The maximum atomic E-state index is 12.2. The minimum absolute atomic E-state index is 0.0196. The number of amides is 1. The Kier molecular flexibility index (Phi) is 5.26. The quantitative estimate of drug-likeness (QED) is 0.721. The standard InChI is InChI=1S/C18H25N3OS/c1-3-4-5-8-12-21-15-10-7-6-9-14(15)19-18(21)23-16-11-13-20(2)17(16)22/h6-7,9-10,16H,3-5,8,11-13H2,1-2H3. The zero-order chi connectivity index (χ0) is 16.2. The average molecular weight is 331 g/mol. The van der Waals surface area contributed by atoms with E-state index in [4.69, 9.17) is 4.98 Å². The molecule has 1 saturated heterocycles. The van der Waals surface area contributed by atoms with E-state index in [1.165, 1.54) is 31.2 Å². The summed E-state index contributed by atoms with van der Waals surface area (Å²) >= 11 is 1.64. The predicted molar refractivity (Wildman–Crippen MR) is 95.8 cm³/mol. The Morgan fingerprint density at radius 3 is 2.83 bits per heavy atom. The first-order chi connectivity index (χ1) is 11.2. The highest BCUT2D eigenvalue weighted by atomic mass is 32.2. The number of para-hydroxylation sites is 2. The van der Waals surface area contributed by atoms with Crippen LogP contribution < -0.4 is 0 Å². The van der Waals surface area contributed by atoms with Crippen LogP contribution in [0, 0.1) is 0 Å². The first-order valence-electron chi connectivity index (χ1n) is 8.57. The van der Waals surface area contributed by atoms with Gasteiger partial charge in [-0.1, -0.05) is 50.1 Å². The summed E-state index contributed by atoms with van der Waals surface area (Å²) in [7, 11) is 1.89. The fraction of sp³-hybridized carbons (Fsp3) is 0.556. The van der Waals surface area contributed by atoms with Gasteiger partial charge in [0.1, 0.15) is 0 Å². The number of unbranched alkanes of at least 4 members (excludes halogenated alkanes) is 3. The predicted octanol–water partition coefficient (Wildman–Crippen LogP) is 3.94. The van der Waals surface area contributed by atoms with Crippen LogP contribution in [0.4, 0.5) is 0 Å². The molecule has 1 aromatic heterocycles. The number of fused-ring (bicyclic) bond motifs is 1. The Labute approximate surface area is 142 Å². The van der Waals surface area contributed by atoms with Crippen LogP contribution in [0.15, 0.2) is 29.4 Å². The molecule has 1 amide bonds. The maximum Gasteiger partial charge on any atom is 0.235 e. The minimum atomic E-state index is 0.0196. The van der Waals surface area contributed by atoms with Crippen LogP contribution >= 0.6 is 11.8 Å². The summed E-state index contributed by atoms with van der Waals surface area (Å²) in [5, 5.41) is 1.02. The van der Waals surface area contributed by atoms with Crippen LogP contribution in [0.5, 0.6) is 0 Å². The van der Waals surface area contributed by atoms with Gasteiger partial charge >= 0.3 is 0 Å². The van der Waals surface area contributed by atoms with Crippen molar-refractivity contribution in [1.29, 1.82) is 0 Å². The number of thioether (sulfide) groups is 1. The maximum absolute atomic E-state index is 12.2. The Hall–Kier alpha value is -1.49. The number of nitrogens with zero attached hydrogens (tertiary/aromatic N) is 3. The van der Waals surface area contributed by atoms with Gasteiger partial charge < -0.3 is 9.47 Å². The zero-order valence-corrected chi connectivity index (χ0v) is 14.8. The van der Waals surface area contributed by atoms with Crippen molar-refractivity contribution in [2.45, 2.75) is 56.0 Å². The van der Waals surface area contributed by atoms with Gasteiger partial charge in [0, 0.05) is 20.1 Å². The molecule has 0 bridgehead atoms. The molecule has 0 N–H and O–H groups in total. The number of hydrogen-bond donors (Lipinski definition) is 0. The van der Waals surface area contributed by atoms with Crippen LogP contribution in [0.3, 0.4) is 0 Å². The first kappa shape index (κ1) is 16.4. The average Bonchev–Trinajstić information content (AvgIpc) is 3.07. The molecule has 124 valence electrons. The lowest BCUT2D eigenvalue weighted by Gasteiger charge is -2.12. The molecule has 4 nitrogen and oxygen atoms in total. The van der Waals surface area contributed by atoms with Crippen LogP contribution in [-0.2, 0) is 11.3 Å². The highest BCUT2D eigenvalue weighted by Crippen LogP contribution is 2.32. The van der Waals surface area contributed by atoms with Crippen LogP contribution in [0.25, 0.3) is 11.0 Å². The SMILES string of the molecule is CCCCCCn1c(SC2CCN(C)C2=O)nc2ccccc21. The second-order valence-electron chi connectivity index (χ2n) is 6.25. The molecule has 0 spiro atoms. The number of rotatable bonds is 7. The molecule has 0 aliphatic carbocycles. The van der Waals surface area contributed by atoms with E-state index < -0.39 is 0 Å². The molecule has 3 rings (SSSR count). The molecular formula is C18H25N3OS. The fourth-order valence-electron chi connectivity index (χ4n) is 3.08. The van der Waals surface area contributed by atoms with Crippen molar-refractivity contribution in [3.8, 4) is 0 Å². The molecule has 0 radical (unpaired) electrons. The van der Waals surface area contributed by atoms with Gasteiger partial charge in [0.2, 0.25) is 5.91 Å². The van der Waals surface area contributed by atoms with Gasteiger partial charge in [0.25, 0.3) is 0 Å². The Bertz CT molecular complexity index is 682. The third kappa shape index (κ3) is 3.55. The summed E-state index contributed by atoms with van der Waals surface area (Å²) in [6.45, 7) is 4.07. The summed E-state index contributed by atoms with van der Waals surface area (Å²) in [4.78, 5) is 18.8. The van der Waals surface area contributed by atoms with Crippen LogP contribution in [-0.4, -0.2) is 39.2 Å². The molecule has 5 heteroatoms. The fourth-order valence-corrected chi connectivity index (χ4v) is 4.31. The zero-order valence-electron chi connectivity index (χ0n) is 14.0. The van der Waals surface area contributed by atoms with E-state index in [2.05, 4.69) is 29.7 Å². The summed E-state index contributed by atoms with van der Waals surface area (Å²) < 4.78 is 2.31. The van der Waals surface area contributed by atoms with Crippen LogP contribution in [0.2, 0.25) is 0 Å². The van der Waals surface area contributed by atoms with E-state index in [1.54, 1.807) is 11.8 Å². The lowest BCUT2D eigenvalue weighted by atomic mass is 10.2. The molecule has 1 atom stereocenters. The number of benzene rings is 1. The van der Waals surface area contributed by atoms with E-state index in [1.807, 2.05) is 18.0 Å². The smallest absolute Gasteiger partial charge is 0.235 e. The van der Waals surface area contributed by atoms with Crippen molar-refractivity contribution in [1.82, 2.24) is 14.5 Å². The first-order valence-corrected chi connectivity index (χ1v) is 9.45. The van der Waals surface area contributed by atoms with Crippen molar-refractivity contribution in [2.75, 3.05) is 13.6 Å². The third-order valence-corrected chi connectivity index (χ3v) is 5.73. The van der Waals surface area contributed by atoms with Crippen molar-refractivity contribution >= 4 is 28.7 Å². The van der Waals surface area contributed by atoms with Crippen molar-refractivity contribution in [3.05, 3.63) is 24.3 Å². The summed E-state index contributed by atoms with van der Waals surface area (Å²) in [5.41, 5.74) is 2.22. The second kappa shape index (κ2) is 7.39. The number of hydrogen-bond acceptors (Lipinski definition) is 3. The highest BCUT2D eigenvalue weighted by Gasteiger charge is 2.31. The molecular weight excluding hydrogens is 306 g/mol. The van der Waals surface area contributed by atoms with Gasteiger partial charge in [-0.05, 0) is 25.0 Å². The summed E-state index contributed by atoms with van der Waals surface area (Å²) in [5.74, 6) is 0.236. The number of aryl methyl sites for hydroxylation is 1. The molecule has 1 unspecified atom stereocenters. The van der Waals surface area contributed by atoms with Gasteiger partial charge in [-0.2, -0.15) is 0 Å². The lowest BCUT2D eigenvalue weighted by Crippen LogP contribution is -2.24. The molecule has 1 aliphatic heterocycles. The van der Waals surface area contributed by atoms with E-state index in [-0.39, 0.29) is 11.2 Å². The summed E-state index contributed by atoms with van der Waals surface area (Å²) in [6, 6.07) is 8.29. The van der Waals surface area contributed by atoms with Crippen molar-refractivity contribution in [2.24, 2.45) is 0 Å². The van der Waals surface area contributed by atoms with E-state index in [0.717, 1.165) is 30.2 Å². The molecule has 2 heterocycles. The van der Waals surface area contributed by atoms with Gasteiger partial charge in [0.15, 0.2) is 5.16 Å². The number of carbonyl (C=O) groups is 1. The minimum Gasteiger partial charge on any atom is -0.345 e. The van der Waals surface area contributed by atoms with Crippen molar-refractivity contribution < 1.29 is 4.79 Å². The Balaban J connectivity index is 1.81. The Morgan fingerprint density at radius 2 is 2.09 bits per heavy atom. The number of carbonyl (C=O) groups excluding carboxylic acids is 1. The monoisotopic (exact) mass is 331 g/mol. The van der Waals surface area contributed by atoms with Gasteiger partial charge in [-0.15, -0.1) is 0 Å². The second-order valence-corrected chi connectivity index (χ2v) is 7.42. The highest BCUT2D eigenvalue weighted by molar-refractivity contribution is 8.00. The molecule has 2 aromatic rings. The molecule has 1 aromatic carbocycles. The summed E-state index contributed by atoms with van der Waals surface area (Å²) in [6.07, 6.45) is 5.85. The molecule has 1 aliphatic rings. The topological polar surface area (TPSA) is 38.1 Å². The lowest BCUT2D eigenvalue weighted by molar-refractivity contribution is -0.126. The van der Waals surface area contributed by atoms with E-state index >= 15 is 0 Å². The van der Waals surface area contributed by atoms with Crippen molar-refractivity contribution in [3.63, 3.8) is 0 Å². The molecule has 23 heavy (non-hydrogen) atoms. The normalized spacial score (nSPS) is 18.3. The van der Waals surface area contributed by atoms with Gasteiger partial charge in [-0.3, -0.25) is 4.79 Å². The van der Waals surface area contributed by atoms with Gasteiger partial charge in [-0.25, -0.2) is 4.98 Å². The number of likely N-dealkylation sites (tertiary alicyclic amines) is 1. The molecule has 1 fully saturated rings.